The molecule has 1 aliphatic heterocycles. The normalized spacial score (nSPS) is 27.0. The van der Waals surface area contributed by atoms with E-state index in [1.807, 2.05) is 6.92 Å². The number of hydrogen-bond acceptors (Lipinski definition) is 5. The minimum Gasteiger partial charge on any atom is -0.470 e. The quantitative estimate of drug-likeness (QED) is 0.602. The number of hydrogen-bond donors (Lipinski definition) is 1. The highest BCUT2D eigenvalue weighted by Crippen LogP contribution is 2.45. The maximum absolute atomic E-state index is 11.7. The molecule has 0 aliphatic carbocycles. The van der Waals surface area contributed by atoms with Gasteiger partial charge in [-0.3, -0.25) is 4.79 Å². The molecular formula is C12H18O4S. The Balaban J connectivity index is 2.95. The molecule has 0 amide bonds. The van der Waals surface area contributed by atoms with Crippen LogP contribution in [0.25, 0.3) is 0 Å². The van der Waals surface area contributed by atoms with Crippen molar-refractivity contribution < 1.29 is 19.4 Å². The number of aliphatic hydroxyl groups excluding tert-OH is 1. The van der Waals surface area contributed by atoms with Crippen molar-refractivity contribution in [3.05, 3.63) is 23.5 Å². The molecule has 0 aromatic heterocycles. The standard InChI is InChI=1S/C12H18O4S/c1-8(13)5-6-12(3)10(16-7-15-4)9(2)11(14)17-12/h5-6,8,13H,7H2,1-4H3/b6-5+. The Hall–Kier alpha value is -0.780. The molecule has 1 rings (SSSR count). The van der Waals surface area contributed by atoms with Crippen LogP contribution < -0.4 is 0 Å². The molecule has 0 fully saturated rings. The van der Waals surface area contributed by atoms with Crippen molar-refractivity contribution in [2.75, 3.05) is 13.9 Å². The third-order valence-electron chi connectivity index (χ3n) is 2.42. The molecule has 1 N–H and O–H groups in total. The van der Waals surface area contributed by atoms with Crippen LogP contribution in [0.5, 0.6) is 0 Å². The fraction of sp³-hybridized carbons (Fsp3) is 0.583. The SMILES string of the molecule is COCOC1=C(C)C(=O)SC1(C)/C=C/C(C)O. The van der Waals surface area contributed by atoms with Crippen LogP contribution >= 0.6 is 11.8 Å². The zero-order valence-electron chi connectivity index (χ0n) is 10.5. The van der Waals surface area contributed by atoms with Crippen LogP contribution in [0, 0.1) is 0 Å². The molecule has 4 nitrogen and oxygen atoms in total. The van der Waals surface area contributed by atoms with Gasteiger partial charge in [-0.05, 0) is 20.8 Å². The lowest BCUT2D eigenvalue weighted by atomic mass is 10.0. The number of thioether (sulfide) groups is 1. The maximum Gasteiger partial charge on any atom is 0.219 e. The maximum atomic E-state index is 11.7. The summed E-state index contributed by atoms with van der Waals surface area (Å²) in [7, 11) is 1.53. The number of carbonyl (C=O) groups is 1. The second-order valence-electron chi connectivity index (χ2n) is 4.10. The van der Waals surface area contributed by atoms with E-state index >= 15 is 0 Å². The van der Waals surface area contributed by atoms with Crippen LogP contribution in [0.3, 0.4) is 0 Å². The van der Waals surface area contributed by atoms with Gasteiger partial charge < -0.3 is 14.6 Å². The largest absolute Gasteiger partial charge is 0.470 e. The minimum atomic E-state index is -0.559. The van der Waals surface area contributed by atoms with Gasteiger partial charge in [-0.15, -0.1) is 0 Å². The summed E-state index contributed by atoms with van der Waals surface area (Å²) in [5.41, 5.74) is 0.602. The first-order valence-corrected chi connectivity index (χ1v) is 6.16. The number of rotatable bonds is 5. The average molecular weight is 258 g/mol. The summed E-state index contributed by atoms with van der Waals surface area (Å²) < 4.78 is 9.76. The molecule has 0 bridgehead atoms. The Kier molecular flexibility index (Phi) is 4.80. The van der Waals surface area contributed by atoms with Crippen LogP contribution in [-0.4, -0.2) is 35.0 Å². The summed E-state index contributed by atoms with van der Waals surface area (Å²) in [5.74, 6) is 0.603. The van der Waals surface area contributed by atoms with Gasteiger partial charge in [-0.2, -0.15) is 0 Å². The Morgan fingerprint density at radius 3 is 2.76 bits per heavy atom. The van der Waals surface area contributed by atoms with Crippen molar-refractivity contribution in [2.24, 2.45) is 0 Å². The van der Waals surface area contributed by atoms with Gasteiger partial charge in [0.05, 0.1) is 10.9 Å². The summed E-state index contributed by atoms with van der Waals surface area (Å²) in [4.78, 5) is 11.7. The second-order valence-corrected chi connectivity index (χ2v) is 5.52. The van der Waals surface area contributed by atoms with E-state index in [4.69, 9.17) is 9.47 Å². The second kappa shape index (κ2) is 5.71. The summed E-state index contributed by atoms with van der Waals surface area (Å²) >= 11 is 1.19. The summed E-state index contributed by atoms with van der Waals surface area (Å²) in [6.45, 7) is 5.39. The van der Waals surface area contributed by atoms with Crippen LogP contribution in [-0.2, 0) is 14.3 Å². The molecule has 96 valence electrons. The lowest BCUT2D eigenvalue weighted by Crippen LogP contribution is -2.20. The average Bonchev–Trinajstić information content (AvgIpc) is 2.46. The zero-order valence-corrected chi connectivity index (χ0v) is 11.3. The van der Waals surface area contributed by atoms with Gasteiger partial charge in [-0.25, -0.2) is 0 Å². The monoisotopic (exact) mass is 258 g/mol. The van der Waals surface area contributed by atoms with Gasteiger partial charge in [0.1, 0.15) is 5.76 Å². The van der Waals surface area contributed by atoms with Crippen molar-refractivity contribution in [3.8, 4) is 0 Å². The first-order chi connectivity index (χ1) is 7.90. The Labute approximate surface area is 106 Å². The Morgan fingerprint density at radius 1 is 1.59 bits per heavy atom. The lowest BCUT2D eigenvalue weighted by Gasteiger charge is -2.22. The molecule has 1 heterocycles. The van der Waals surface area contributed by atoms with E-state index in [1.54, 1.807) is 26.0 Å². The molecule has 0 saturated carbocycles. The highest BCUT2D eigenvalue weighted by Gasteiger charge is 2.41. The van der Waals surface area contributed by atoms with Crippen molar-refractivity contribution in [3.63, 3.8) is 0 Å². The summed E-state index contributed by atoms with van der Waals surface area (Å²) in [6, 6.07) is 0. The van der Waals surface area contributed by atoms with Crippen LogP contribution in [0.1, 0.15) is 20.8 Å². The van der Waals surface area contributed by atoms with E-state index in [2.05, 4.69) is 0 Å². The molecule has 17 heavy (non-hydrogen) atoms. The van der Waals surface area contributed by atoms with Gasteiger partial charge in [0.15, 0.2) is 6.79 Å². The van der Waals surface area contributed by atoms with Crippen LogP contribution in [0.2, 0.25) is 0 Å². The smallest absolute Gasteiger partial charge is 0.219 e. The van der Waals surface area contributed by atoms with Crippen LogP contribution in [0.15, 0.2) is 23.5 Å². The number of carbonyl (C=O) groups excluding carboxylic acids is 1. The van der Waals surface area contributed by atoms with Gasteiger partial charge >= 0.3 is 0 Å². The zero-order chi connectivity index (χ0) is 13.1. The molecule has 5 heteroatoms. The van der Waals surface area contributed by atoms with Gasteiger partial charge in [0.25, 0.3) is 0 Å². The van der Waals surface area contributed by atoms with Crippen molar-refractivity contribution in [1.82, 2.24) is 0 Å². The fourth-order valence-corrected chi connectivity index (χ4v) is 2.66. The van der Waals surface area contributed by atoms with E-state index < -0.39 is 10.9 Å². The number of ether oxygens (including phenoxy) is 2. The lowest BCUT2D eigenvalue weighted by molar-refractivity contribution is -0.107. The highest BCUT2D eigenvalue weighted by atomic mass is 32.2. The highest BCUT2D eigenvalue weighted by molar-refractivity contribution is 8.16. The van der Waals surface area contributed by atoms with Crippen LogP contribution in [0.4, 0.5) is 0 Å². The Bertz CT molecular complexity index is 360. The summed E-state index contributed by atoms with van der Waals surface area (Å²) in [5, 5.41) is 9.25. The van der Waals surface area contributed by atoms with E-state index in [-0.39, 0.29) is 11.9 Å². The fourth-order valence-electron chi connectivity index (χ4n) is 1.58. The molecule has 0 radical (unpaired) electrons. The van der Waals surface area contributed by atoms with Gasteiger partial charge in [-0.1, -0.05) is 23.9 Å². The first kappa shape index (κ1) is 14.3. The summed E-state index contributed by atoms with van der Waals surface area (Å²) in [6.07, 6.45) is 2.89. The Morgan fingerprint density at radius 2 is 2.24 bits per heavy atom. The number of aliphatic hydroxyl groups is 1. The van der Waals surface area contributed by atoms with Crippen molar-refractivity contribution in [1.29, 1.82) is 0 Å². The van der Waals surface area contributed by atoms with Gasteiger partial charge in [0.2, 0.25) is 5.12 Å². The molecule has 2 atom stereocenters. The molecule has 0 aromatic carbocycles. The molecular weight excluding hydrogens is 240 g/mol. The predicted octanol–water partition coefficient (Wildman–Crippen LogP) is 1.85. The van der Waals surface area contributed by atoms with E-state index in [9.17, 15) is 9.90 Å². The molecule has 0 aromatic rings. The third-order valence-corrected chi connectivity index (χ3v) is 3.65. The first-order valence-electron chi connectivity index (χ1n) is 5.34. The van der Waals surface area contributed by atoms with Gasteiger partial charge in [0, 0.05) is 12.7 Å². The minimum absolute atomic E-state index is 0.00570. The van der Waals surface area contributed by atoms with Crippen molar-refractivity contribution >= 4 is 16.9 Å². The van der Waals surface area contributed by atoms with E-state index in [0.717, 1.165) is 0 Å². The molecule has 1 aliphatic rings. The van der Waals surface area contributed by atoms with E-state index in [1.165, 1.54) is 18.9 Å². The molecule has 0 spiro atoms. The van der Waals surface area contributed by atoms with E-state index in [0.29, 0.717) is 11.3 Å². The van der Waals surface area contributed by atoms with Crippen molar-refractivity contribution in [2.45, 2.75) is 31.6 Å². The number of methoxy groups -OCH3 is 1. The molecule has 0 saturated heterocycles. The predicted molar refractivity (Wildman–Crippen MR) is 67.5 cm³/mol. The third kappa shape index (κ3) is 3.34. The topological polar surface area (TPSA) is 55.8 Å². The molecule has 2 unspecified atom stereocenters.